The van der Waals surface area contributed by atoms with E-state index in [9.17, 15) is 28.1 Å². The third-order valence-corrected chi connectivity index (χ3v) is 3.34. The van der Waals surface area contributed by atoms with Gasteiger partial charge in [0.2, 0.25) is 0 Å². The van der Waals surface area contributed by atoms with E-state index in [0.29, 0.717) is 22.7 Å². The largest absolute Gasteiger partial charge is 0.416 e. The lowest BCUT2D eigenvalue weighted by Gasteiger charge is -2.07. The molecule has 0 bridgehead atoms. The summed E-state index contributed by atoms with van der Waals surface area (Å²) >= 11 is 5.72. The first-order valence-electron chi connectivity index (χ1n) is 6.52. The van der Waals surface area contributed by atoms with Gasteiger partial charge in [0.15, 0.2) is 5.78 Å². The smallest absolute Gasteiger partial charge is 0.289 e. The molecule has 0 aromatic heterocycles. The molecule has 0 aliphatic carbocycles. The molecule has 0 radical (unpaired) electrons. The van der Waals surface area contributed by atoms with Crippen LogP contribution in [0.15, 0.2) is 48.5 Å². The zero-order chi connectivity index (χ0) is 17.9. The van der Waals surface area contributed by atoms with Crippen molar-refractivity contribution >= 4 is 29.1 Å². The highest BCUT2D eigenvalue weighted by atomic mass is 35.5. The molecule has 24 heavy (non-hydrogen) atoms. The standard InChI is InChI=1S/C16H9ClF3NO3/c17-12-5-1-10(2-6-12)3-8-15(22)13-7-4-11(16(18,19)20)9-14(13)21(23)24/h1-9H. The van der Waals surface area contributed by atoms with Crippen LogP contribution < -0.4 is 0 Å². The number of nitrogens with zero attached hydrogens (tertiary/aromatic N) is 1. The topological polar surface area (TPSA) is 60.2 Å². The van der Waals surface area contributed by atoms with Gasteiger partial charge in [-0.25, -0.2) is 0 Å². The number of hydrogen-bond donors (Lipinski definition) is 0. The van der Waals surface area contributed by atoms with E-state index in [0.717, 1.165) is 12.1 Å². The molecule has 0 saturated carbocycles. The second-order valence-electron chi connectivity index (χ2n) is 4.74. The van der Waals surface area contributed by atoms with Crippen molar-refractivity contribution in [2.45, 2.75) is 6.18 Å². The third-order valence-electron chi connectivity index (χ3n) is 3.08. The number of carbonyl (C=O) groups excluding carboxylic acids is 1. The molecule has 2 aromatic rings. The van der Waals surface area contributed by atoms with Gasteiger partial charge in [-0.3, -0.25) is 14.9 Å². The number of benzene rings is 2. The lowest BCUT2D eigenvalue weighted by Crippen LogP contribution is -2.08. The first kappa shape index (κ1) is 17.7. The van der Waals surface area contributed by atoms with E-state index in [1.807, 2.05) is 0 Å². The Kier molecular flexibility index (Phi) is 5.04. The molecule has 0 heterocycles. The maximum absolute atomic E-state index is 12.6. The van der Waals surface area contributed by atoms with Crippen molar-refractivity contribution < 1.29 is 22.9 Å². The highest BCUT2D eigenvalue weighted by Gasteiger charge is 2.33. The van der Waals surface area contributed by atoms with Crippen LogP contribution in [0, 0.1) is 10.1 Å². The number of ketones is 1. The zero-order valence-electron chi connectivity index (χ0n) is 11.9. The molecule has 0 N–H and O–H groups in total. The molecule has 0 aliphatic rings. The third kappa shape index (κ3) is 4.20. The molecular formula is C16H9ClF3NO3. The number of hydrogen-bond acceptors (Lipinski definition) is 3. The van der Waals surface area contributed by atoms with Crippen LogP contribution in [0.1, 0.15) is 21.5 Å². The van der Waals surface area contributed by atoms with Gasteiger partial charge in [-0.1, -0.05) is 29.8 Å². The summed E-state index contributed by atoms with van der Waals surface area (Å²) in [6.07, 6.45) is -2.29. The van der Waals surface area contributed by atoms with Gasteiger partial charge < -0.3 is 0 Å². The molecule has 0 unspecified atom stereocenters. The number of halogens is 4. The number of nitro benzene ring substituents is 1. The van der Waals surface area contributed by atoms with Crippen molar-refractivity contribution in [3.05, 3.63) is 80.4 Å². The van der Waals surface area contributed by atoms with Crippen LogP contribution >= 0.6 is 11.6 Å². The van der Waals surface area contributed by atoms with Crippen LogP contribution in [0.2, 0.25) is 5.02 Å². The molecule has 0 saturated heterocycles. The molecule has 2 rings (SSSR count). The van der Waals surface area contributed by atoms with Crippen LogP contribution in [0.3, 0.4) is 0 Å². The second kappa shape index (κ2) is 6.84. The Labute approximate surface area is 139 Å². The minimum absolute atomic E-state index is 0.351. The summed E-state index contributed by atoms with van der Waals surface area (Å²) in [4.78, 5) is 22.0. The molecular weight excluding hydrogens is 347 g/mol. The Morgan fingerprint density at radius 2 is 1.75 bits per heavy atom. The van der Waals surface area contributed by atoms with Gasteiger partial charge in [0.05, 0.1) is 16.1 Å². The van der Waals surface area contributed by atoms with Crippen LogP contribution in [0.4, 0.5) is 18.9 Å². The maximum atomic E-state index is 12.6. The quantitative estimate of drug-likeness (QED) is 0.329. The molecule has 0 atom stereocenters. The van der Waals surface area contributed by atoms with Crippen LogP contribution in [0.25, 0.3) is 6.08 Å². The predicted octanol–water partition coefficient (Wildman–Crippen LogP) is 5.16. The Hall–Kier alpha value is -2.67. The normalized spacial score (nSPS) is 11.7. The van der Waals surface area contributed by atoms with E-state index in [1.54, 1.807) is 24.3 Å². The highest BCUT2D eigenvalue weighted by Crippen LogP contribution is 2.33. The number of alkyl halides is 3. The molecule has 0 spiro atoms. The van der Waals surface area contributed by atoms with Crippen LogP contribution in [-0.4, -0.2) is 10.7 Å². The Bertz CT molecular complexity index is 814. The Morgan fingerprint density at radius 1 is 1.12 bits per heavy atom. The van der Waals surface area contributed by atoms with Gasteiger partial charge in [-0.05, 0) is 35.9 Å². The first-order valence-corrected chi connectivity index (χ1v) is 6.90. The van der Waals surface area contributed by atoms with Gasteiger partial charge in [0.1, 0.15) is 0 Å². The van der Waals surface area contributed by atoms with Gasteiger partial charge in [-0.15, -0.1) is 0 Å². The van der Waals surface area contributed by atoms with Crippen molar-refractivity contribution in [3.63, 3.8) is 0 Å². The minimum atomic E-state index is -4.73. The number of allylic oxidation sites excluding steroid dienone is 1. The lowest BCUT2D eigenvalue weighted by molar-refractivity contribution is -0.385. The van der Waals surface area contributed by atoms with E-state index < -0.39 is 33.7 Å². The number of carbonyl (C=O) groups is 1. The summed E-state index contributed by atoms with van der Waals surface area (Å²) in [5.74, 6) is -0.773. The maximum Gasteiger partial charge on any atom is 0.416 e. The average Bonchev–Trinajstić information content (AvgIpc) is 2.52. The summed E-state index contributed by atoms with van der Waals surface area (Å²) < 4.78 is 37.9. The van der Waals surface area contributed by atoms with Crippen molar-refractivity contribution in [2.75, 3.05) is 0 Å². The molecule has 124 valence electrons. The van der Waals surface area contributed by atoms with Gasteiger partial charge in [0.25, 0.3) is 5.69 Å². The molecule has 2 aromatic carbocycles. The molecule has 8 heteroatoms. The van der Waals surface area contributed by atoms with Gasteiger partial charge >= 0.3 is 6.18 Å². The lowest BCUT2D eigenvalue weighted by atomic mass is 10.0. The van der Waals surface area contributed by atoms with Gasteiger partial charge in [0, 0.05) is 11.1 Å². The Balaban J connectivity index is 2.35. The summed E-state index contributed by atoms with van der Waals surface area (Å²) in [5, 5.41) is 11.5. The number of rotatable bonds is 4. The first-order chi connectivity index (χ1) is 11.2. The van der Waals surface area contributed by atoms with E-state index in [4.69, 9.17) is 11.6 Å². The fraction of sp³-hybridized carbons (Fsp3) is 0.0625. The molecule has 0 aliphatic heterocycles. The van der Waals surface area contributed by atoms with E-state index in [2.05, 4.69) is 0 Å². The summed E-state index contributed by atoms with van der Waals surface area (Å²) in [6.45, 7) is 0. The molecule has 4 nitrogen and oxygen atoms in total. The van der Waals surface area contributed by atoms with E-state index in [1.165, 1.54) is 6.08 Å². The van der Waals surface area contributed by atoms with Crippen molar-refractivity contribution in [1.82, 2.24) is 0 Å². The summed E-state index contributed by atoms with van der Waals surface area (Å²) in [7, 11) is 0. The van der Waals surface area contributed by atoms with Crippen molar-refractivity contribution in [3.8, 4) is 0 Å². The minimum Gasteiger partial charge on any atom is -0.289 e. The molecule has 0 amide bonds. The SMILES string of the molecule is O=C(C=Cc1ccc(Cl)cc1)c1ccc(C(F)(F)F)cc1[N+](=O)[O-]. The summed E-state index contributed by atoms with van der Waals surface area (Å²) in [5.41, 5.74) is -1.89. The number of nitro groups is 1. The highest BCUT2D eigenvalue weighted by molar-refractivity contribution is 6.30. The van der Waals surface area contributed by atoms with E-state index in [-0.39, 0.29) is 0 Å². The Morgan fingerprint density at radius 3 is 2.29 bits per heavy atom. The van der Waals surface area contributed by atoms with Crippen LogP contribution in [-0.2, 0) is 6.18 Å². The van der Waals surface area contributed by atoms with Gasteiger partial charge in [-0.2, -0.15) is 13.2 Å². The second-order valence-corrected chi connectivity index (χ2v) is 5.17. The fourth-order valence-corrected chi connectivity index (χ4v) is 2.03. The van der Waals surface area contributed by atoms with Crippen LogP contribution in [0.5, 0.6) is 0 Å². The predicted molar refractivity (Wildman–Crippen MR) is 82.9 cm³/mol. The average molecular weight is 356 g/mol. The summed E-state index contributed by atoms with van der Waals surface area (Å²) in [6, 6.07) is 8.20. The monoisotopic (exact) mass is 355 g/mol. The van der Waals surface area contributed by atoms with Crippen molar-refractivity contribution in [2.24, 2.45) is 0 Å². The van der Waals surface area contributed by atoms with E-state index >= 15 is 0 Å². The fourth-order valence-electron chi connectivity index (χ4n) is 1.90. The zero-order valence-corrected chi connectivity index (χ0v) is 12.6. The molecule has 0 fully saturated rings. The van der Waals surface area contributed by atoms with Crippen molar-refractivity contribution in [1.29, 1.82) is 0 Å².